The third-order valence-electron chi connectivity index (χ3n) is 5.09. The van der Waals surface area contributed by atoms with Gasteiger partial charge in [0, 0.05) is 16.6 Å². The third-order valence-corrected chi connectivity index (χ3v) is 5.62. The number of benzene rings is 1. The van der Waals surface area contributed by atoms with Gasteiger partial charge in [-0.1, -0.05) is 47.3 Å². The van der Waals surface area contributed by atoms with Crippen LogP contribution in [-0.4, -0.2) is 18.5 Å². The first-order chi connectivity index (χ1) is 9.21. The molecule has 2 aliphatic rings. The summed E-state index contributed by atoms with van der Waals surface area (Å²) in [5.74, 6) is 0.937. The van der Waals surface area contributed by atoms with Crippen molar-refractivity contribution in [3.8, 4) is 0 Å². The maximum atomic E-state index is 3.54. The van der Waals surface area contributed by atoms with Crippen LogP contribution in [0.4, 0.5) is 0 Å². The van der Waals surface area contributed by atoms with Gasteiger partial charge in [0.05, 0.1) is 0 Å². The fraction of sp³-hybridized carbons (Fsp3) is 0.647. The average Bonchev–Trinajstić information content (AvgIpc) is 3.22. The standard InChI is InChI=1S/C17H24BrN/c1-19(13-14-5-3-2-4-6-14)17(11-12-17)15-7-9-16(18)10-8-15/h7-10,14H,2-6,11-13H2,1H3. The zero-order chi connectivity index (χ0) is 13.3. The van der Waals surface area contributed by atoms with E-state index < -0.39 is 0 Å². The molecule has 0 radical (unpaired) electrons. The largest absolute Gasteiger partial charge is 0.296 e. The molecule has 0 saturated heterocycles. The Kier molecular flexibility index (Phi) is 4.00. The summed E-state index contributed by atoms with van der Waals surface area (Å²) in [5.41, 5.74) is 1.87. The summed E-state index contributed by atoms with van der Waals surface area (Å²) in [6, 6.07) is 8.97. The Bertz CT molecular complexity index is 415. The molecule has 1 aromatic rings. The zero-order valence-electron chi connectivity index (χ0n) is 11.9. The van der Waals surface area contributed by atoms with Gasteiger partial charge < -0.3 is 0 Å². The highest BCUT2D eigenvalue weighted by atomic mass is 79.9. The maximum absolute atomic E-state index is 3.54. The van der Waals surface area contributed by atoms with Crippen molar-refractivity contribution in [3.05, 3.63) is 34.3 Å². The van der Waals surface area contributed by atoms with Gasteiger partial charge in [-0.15, -0.1) is 0 Å². The van der Waals surface area contributed by atoms with Crippen LogP contribution in [0, 0.1) is 5.92 Å². The summed E-state index contributed by atoms with van der Waals surface area (Å²) in [7, 11) is 2.34. The van der Waals surface area contributed by atoms with Crippen LogP contribution in [0.25, 0.3) is 0 Å². The molecule has 0 heterocycles. The van der Waals surface area contributed by atoms with Crippen LogP contribution in [-0.2, 0) is 5.54 Å². The lowest BCUT2D eigenvalue weighted by Crippen LogP contribution is -2.36. The number of hydrogen-bond donors (Lipinski definition) is 0. The van der Waals surface area contributed by atoms with Crippen molar-refractivity contribution in [1.29, 1.82) is 0 Å². The summed E-state index contributed by atoms with van der Waals surface area (Å²) in [4.78, 5) is 2.65. The van der Waals surface area contributed by atoms with Crippen LogP contribution in [0.1, 0.15) is 50.5 Å². The average molecular weight is 322 g/mol. The lowest BCUT2D eigenvalue weighted by atomic mass is 9.88. The molecule has 1 aromatic carbocycles. The summed E-state index contributed by atoms with van der Waals surface area (Å²) in [6.45, 7) is 1.29. The number of nitrogens with zero attached hydrogens (tertiary/aromatic N) is 1. The van der Waals surface area contributed by atoms with Crippen molar-refractivity contribution in [2.45, 2.75) is 50.5 Å². The summed E-state index contributed by atoms with van der Waals surface area (Å²) >= 11 is 3.54. The number of rotatable bonds is 4. The van der Waals surface area contributed by atoms with Gasteiger partial charge in [-0.25, -0.2) is 0 Å². The van der Waals surface area contributed by atoms with Gasteiger partial charge in [0.2, 0.25) is 0 Å². The minimum absolute atomic E-state index is 0.359. The predicted octanol–water partition coefficient (Wildman–Crippen LogP) is 4.95. The molecule has 0 unspecified atom stereocenters. The molecule has 0 amide bonds. The van der Waals surface area contributed by atoms with E-state index in [2.05, 4.69) is 52.1 Å². The Morgan fingerprint density at radius 3 is 2.32 bits per heavy atom. The molecular weight excluding hydrogens is 298 g/mol. The molecule has 1 nitrogen and oxygen atoms in total. The topological polar surface area (TPSA) is 3.24 Å². The van der Waals surface area contributed by atoms with Crippen molar-refractivity contribution in [2.75, 3.05) is 13.6 Å². The van der Waals surface area contributed by atoms with Gasteiger partial charge in [0.1, 0.15) is 0 Å². The first-order valence-electron chi connectivity index (χ1n) is 7.68. The first kappa shape index (κ1) is 13.6. The Morgan fingerprint density at radius 2 is 1.74 bits per heavy atom. The highest BCUT2D eigenvalue weighted by Crippen LogP contribution is 2.51. The van der Waals surface area contributed by atoms with Gasteiger partial charge in [-0.05, 0) is 56.3 Å². The molecule has 104 valence electrons. The smallest absolute Gasteiger partial charge is 0.0459 e. The molecule has 3 rings (SSSR count). The fourth-order valence-corrected chi connectivity index (χ4v) is 3.97. The van der Waals surface area contributed by atoms with E-state index >= 15 is 0 Å². The van der Waals surface area contributed by atoms with Crippen LogP contribution in [0.5, 0.6) is 0 Å². The predicted molar refractivity (Wildman–Crippen MR) is 84.3 cm³/mol. The Labute approximate surface area is 125 Å². The molecule has 0 N–H and O–H groups in total. The van der Waals surface area contributed by atoms with E-state index in [0.717, 1.165) is 5.92 Å². The minimum atomic E-state index is 0.359. The van der Waals surface area contributed by atoms with E-state index in [1.165, 1.54) is 61.5 Å². The monoisotopic (exact) mass is 321 g/mol. The highest BCUT2D eigenvalue weighted by Gasteiger charge is 2.47. The summed E-state index contributed by atoms with van der Waals surface area (Å²) in [5, 5.41) is 0. The second kappa shape index (κ2) is 5.57. The van der Waals surface area contributed by atoms with Crippen molar-refractivity contribution in [2.24, 2.45) is 5.92 Å². The molecule has 19 heavy (non-hydrogen) atoms. The summed E-state index contributed by atoms with van der Waals surface area (Å²) in [6.07, 6.45) is 9.91. The van der Waals surface area contributed by atoms with Crippen LogP contribution in [0.15, 0.2) is 28.7 Å². The van der Waals surface area contributed by atoms with Gasteiger partial charge in [0.15, 0.2) is 0 Å². The van der Waals surface area contributed by atoms with Crippen LogP contribution >= 0.6 is 15.9 Å². The van der Waals surface area contributed by atoms with Crippen LogP contribution in [0.3, 0.4) is 0 Å². The quantitative estimate of drug-likeness (QED) is 0.758. The van der Waals surface area contributed by atoms with E-state index in [0.29, 0.717) is 5.54 Å². The lowest BCUT2D eigenvalue weighted by molar-refractivity contribution is 0.166. The highest BCUT2D eigenvalue weighted by molar-refractivity contribution is 9.10. The van der Waals surface area contributed by atoms with Gasteiger partial charge in [-0.2, -0.15) is 0 Å². The Hall–Kier alpha value is -0.340. The SMILES string of the molecule is CN(CC1CCCCC1)C1(c2ccc(Br)cc2)CC1. The van der Waals surface area contributed by atoms with Crippen molar-refractivity contribution in [1.82, 2.24) is 4.90 Å². The fourth-order valence-electron chi connectivity index (χ4n) is 3.70. The van der Waals surface area contributed by atoms with E-state index in [1.807, 2.05) is 0 Å². The molecule has 0 spiro atoms. The Balaban J connectivity index is 1.68. The van der Waals surface area contributed by atoms with E-state index in [9.17, 15) is 0 Å². The number of hydrogen-bond acceptors (Lipinski definition) is 1. The van der Waals surface area contributed by atoms with Crippen molar-refractivity contribution in [3.63, 3.8) is 0 Å². The molecule has 2 fully saturated rings. The van der Waals surface area contributed by atoms with Gasteiger partial charge in [-0.3, -0.25) is 4.90 Å². The van der Waals surface area contributed by atoms with E-state index in [-0.39, 0.29) is 0 Å². The molecule has 0 aliphatic heterocycles. The van der Waals surface area contributed by atoms with E-state index in [1.54, 1.807) is 0 Å². The summed E-state index contributed by atoms with van der Waals surface area (Å²) < 4.78 is 1.18. The van der Waals surface area contributed by atoms with Gasteiger partial charge >= 0.3 is 0 Å². The minimum Gasteiger partial charge on any atom is -0.296 e. The number of halogens is 1. The lowest BCUT2D eigenvalue weighted by Gasteiger charge is -2.33. The molecule has 0 aromatic heterocycles. The van der Waals surface area contributed by atoms with Crippen molar-refractivity contribution >= 4 is 15.9 Å². The normalized spacial score (nSPS) is 22.7. The van der Waals surface area contributed by atoms with Gasteiger partial charge in [0.25, 0.3) is 0 Å². The van der Waals surface area contributed by atoms with E-state index in [4.69, 9.17) is 0 Å². The second-order valence-electron chi connectivity index (χ2n) is 6.42. The van der Waals surface area contributed by atoms with Crippen LogP contribution in [0.2, 0.25) is 0 Å². The van der Waals surface area contributed by atoms with Crippen LogP contribution < -0.4 is 0 Å². The van der Waals surface area contributed by atoms with Crippen molar-refractivity contribution < 1.29 is 0 Å². The zero-order valence-corrected chi connectivity index (χ0v) is 13.5. The third kappa shape index (κ3) is 2.90. The Morgan fingerprint density at radius 1 is 1.11 bits per heavy atom. The maximum Gasteiger partial charge on any atom is 0.0459 e. The first-order valence-corrected chi connectivity index (χ1v) is 8.47. The molecule has 2 aliphatic carbocycles. The molecule has 2 heteroatoms. The molecular formula is C17H24BrN. The molecule has 0 atom stereocenters. The molecule has 2 saturated carbocycles. The second-order valence-corrected chi connectivity index (χ2v) is 7.34. The molecule has 0 bridgehead atoms.